The van der Waals surface area contributed by atoms with Gasteiger partial charge in [0.2, 0.25) is 5.91 Å². The number of benzene rings is 2. The summed E-state index contributed by atoms with van der Waals surface area (Å²) < 4.78 is 5.42. The summed E-state index contributed by atoms with van der Waals surface area (Å²) in [4.78, 5) is 44.6. The monoisotopic (exact) mass is 531 g/mol. The molecule has 2 fully saturated rings. The zero-order valence-corrected chi connectivity index (χ0v) is 23.9. The molecule has 3 atom stereocenters. The Morgan fingerprint density at radius 3 is 2.38 bits per heavy atom. The number of fused-ring (bicyclic) bond motifs is 1. The van der Waals surface area contributed by atoms with E-state index in [-0.39, 0.29) is 36.4 Å². The Hall–Kier alpha value is -3.45. The molecule has 2 aromatic rings. The average molecular weight is 532 g/mol. The molecular formula is C32H41N3O4. The molecule has 2 aliphatic rings. The second-order valence-corrected chi connectivity index (χ2v) is 11.2. The minimum atomic E-state index is -0.342. The zero-order valence-electron chi connectivity index (χ0n) is 23.9. The fourth-order valence-corrected chi connectivity index (χ4v) is 5.99. The van der Waals surface area contributed by atoms with Gasteiger partial charge in [-0.3, -0.25) is 14.4 Å². The molecular weight excluding hydrogens is 490 g/mol. The number of anilines is 1. The number of hydrogen-bond acceptors (Lipinski definition) is 5. The molecule has 7 heteroatoms. The quantitative estimate of drug-likeness (QED) is 0.339. The van der Waals surface area contributed by atoms with Crippen molar-refractivity contribution in [3.63, 3.8) is 0 Å². The zero-order chi connectivity index (χ0) is 28.3. The maximum absolute atomic E-state index is 13.2. The van der Waals surface area contributed by atoms with Gasteiger partial charge < -0.3 is 19.4 Å². The van der Waals surface area contributed by atoms with Crippen LogP contribution in [0.1, 0.15) is 56.5 Å². The number of ether oxygens (including phenoxy) is 1. The van der Waals surface area contributed by atoms with Crippen molar-refractivity contribution in [2.75, 3.05) is 31.6 Å². The number of rotatable bonds is 9. The van der Waals surface area contributed by atoms with Gasteiger partial charge in [-0.25, -0.2) is 0 Å². The van der Waals surface area contributed by atoms with Gasteiger partial charge in [0.05, 0.1) is 12.5 Å². The standard InChI is InChI=1S/C32H41N3O4/c1-7-8-22(4)35(23(5)36)29-14-13-26(17-28(29)18-31(37)39-21(2)3)24-9-11-25(12-10-24)32(38)34-19-27-15-16-33(6)30(27)20-34/h7,9-14,17,21-22,27,30H,1,8,15-16,18-20H2,2-6H3/t22-,27+,30-/m0/s1. The minimum Gasteiger partial charge on any atom is -0.463 e. The number of hydrogen-bond donors (Lipinski definition) is 0. The van der Waals surface area contributed by atoms with E-state index >= 15 is 0 Å². The Bertz CT molecular complexity index is 1220. The van der Waals surface area contributed by atoms with Crippen LogP contribution in [0.15, 0.2) is 55.1 Å². The van der Waals surface area contributed by atoms with Crippen molar-refractivity contribution in [2.45, 2.75) is 65.1 Å². The molecule has 4 rings (SSSR count). The van der Waals surface area contributed by atoms with Crippen LogP contribution >= 0.6 is 0 Å². The molecule has 7 nitrogen and oxygen atoms in total. The lowest BCUT2D eigenvalue weighted by molar-refractivity contribution is -0.146. The lowest BCUT2D eigenvalue weighted by Gasteiger charge is -2.30. The van der Waals surface area contributed by atoms with Crippen molar-refractivity contribution in [3.05, 3.63) is 66.2 Å². The van der Waals surface area contributed by atoms with E-state index in [1.807, 2.05) is 68.1 Å². The Morgan fingerprint density at radius 1 is 1.08 bits per heavy atom. The number of likely N-dealkylation sites (tertiary alicyclic amines) is 2. The lowest BCUT2D eigenvalue weighted by Crippen LogP contribution is -2.37. The molecule has 0 N–H and O–H groups in total. The molecule has 2 saturated heterocycles. The van der Waals surface area contributed by atoms with Crippen LogP contribution in [-0.2, 0) is 20.7 Å². The highest BCUT2D eigenvalue weighted by Crippen LogP contribution is 2.33. The topological polar surface area (TPSA) is 70.2 Å². The van der Waals surface area contributed by atoms with Crippen LogP contribution in [0.3, 0.4) is 0 Å². The van der Waals surface area contributed by atoms with E-state index in [1.54, 1.807) is 11.0 Å². The molecule has 208 valence electrons. The highest BCUT2D eigenvalue weighted by Gasteiger charge is 2.41. The third kappa shape index (κ3) is 6.41. The van der Waals surface area contributed by atoms with Crippen LogP contribution in [0.2, 0.25) is 0 Å². The SMILES string of the molecule is C=CC[C@H](C)N(C(C)=O)c1ccc(-c2ccc(C(=O)N3C[C@H]4CCN(C)[C@H]4C3)cc2)cc1CC(=O)OC(C)C. The van der Waals surface area contributed by atoms with E-state index in [9.17, 15) is 14.4 Å². The van der Waals surface area contributed by atoms with E-state index in [0.29, 0.717) is 29.6 Å². The summed E-state index contributed by atoms with van der Waals surface area (Å²) >= 11 is 0. The van der Waals surface area contributed by atoms with Crippen molar-refractivity contribution in [3.8, 4) is 11.1 Å². The number of amides is 2. The fraction of sp³-hybridized carbons (Fsp3) is 0.469. The highest BCUT2D eigenvalue weighted by molar-refractivity contribution is 5.96. The first-order valence-electron chi connectivity index (χ1n) is 13.9. The summed E-state index contributed by atoms with van der Waals surface area (Å²) in [7, 11) is 2.14. The van der Waals surface area contributed by atoms with Crippen molar-refractivity contribution >= 4 is 23.5 Å². The van der Waals surface area contributed by atoms with Crippen molar-refractivity contribution < 1.29 is 19.1 Å². The number of carbonyl (C=O) groups is 3. The Kier molecular flexibility index (Phi) is 8.90. The molecule has 39 heavy (non-hydrogen) atoms. The Balaban J connectivity index is 1.60. The van der Waals surface area contributed by atoms with Gasteiger partial charge in [-0.15, -0.1) is 6.58 Å². The number of nitrogens with zero attached hydrogens (tertiary/aromatic N) is 3. The molecule has 0 bridgehead atoms. The molecule has 0 spiro atoms. The van der Waals surface area contributed by atoms with E-state index in [4.69, 9.17) is 4.74 Å². The molecule has 2 aliphatic heterocycles. The van der Waals surface area contributed by atoms with Gasteiger partial charge >= 0.3 is 5.97 Å². The Labute approximate surface area is 232 Å². The molecule has 0 aromatic heterocycles. The van der Waals surface area contributed by atoms with Crippen LogP contribution in [0.25, 0.3) is 11.1 Å². The van der Waals surface area contributed by atoms with Crippen molar-refractivity contribution in [2.24, 2.45) is 5.92 Å². The first-order valence-corrected chi connectivity index (χ1v) is 13.9. The Morgan fingerprint density at radius 2 is 1.77 bits per heavy atom. The molecule has 2 heterocycles. The number of likely N-dealkylation sites (N-methyl/N-ethyl adjacent to an activating group) is 1. The summed E-state index contributed by atoms with van der Waals surface area (Å²) in [5.74, 6) is 0.201. The first-order chi connectivity index (χ1) is 18.6. The van der Waals surface area contributed by atoms with E-state index in [2.05, 4.69) is 18.5 Å². The minimum absolute atomic E-state index is 0.0499. The second kappa shape index (κ2) is 12.2. The lowest BCUT2D eigenvalue weighted by atomic mass is 9.97. The summed E-state index contributed by atoms with van der Waals surface area (Å²) in [6.45, 7) is 13.7. The molecule has 0 aliphatic carbocycles. The molecule has 0 saturated carbocycles. The van der Waals surface area contributed by atoms with E-state index in [0.717, 1.165) is 42.7 Å². The van der Waals surface area contributed by atoms with Gasteiger partial charge in [-0.2, -0.15) is 0 Å². The first kappa shape index (κ1) is 28.6. The van der Waals surface area contributed by atoms with Gasteiger partial charge in [0.1, 0.15) is 0 Å². The molecule has 0 radical (unpaired) electrons. The maximum atomic E-state index is 13.2. The molecule has 0 unspecified atom stereocenters. The summed E-state index contributed by atoms with van der Waals surface area (Å²) in [6, 6.07) is 13.8. The average Bonchev–Trinajstić information content (AvgIpc) is 3.46. The van der Waals surface area contributed by atoms with Crippen LogP contribution in [0.4, 0.5) is 5.69 Å². The third-order valence-electron chi connectivity index (χ3n) is 7.91. The predicted molar refractivity (Wildman–Crippen MR) is 155 cm³/mol. The van der Waals surface area contributed by atoms with Crippen LogP contribution in [-0.4, -0.2) is 72.5 Å². The van der Waals surface area contributed by atoms with Crippen LogP contribution < -0.4 is 4.90 Å². The summed E-state index contributed by atoms with van der Waals surface area (Å²) in [5, 5.41) is 0. The number of carbonyl (C=O) groups excluding carboxylic acids is 3. The normalized spacial score (nSPS) is 19.6. The van der Waals surface area contributed by atoms with Crippen LogP contribution in [0.5, 0.6) is 0 Å². The van der Waals surface area contributed by atoms with E-state index in [1.165, 1.54) is 6.92 Å². The molecule has 2 amide bonds. The van der Waals surface area contributed by atoms with Gasteiger partial charge in [-0.05, 0) is 94.1 Å². The maximum Gasteiger partial charge on any atom is 0.310 e. The van der Waals surface area contributed by atoms with Crippen LogP contribution in [0, 0.1) is 5.92 Å². The third-order valence-corrected chi connectivity index (χ3v) is 7.91. The van der Waals surface area contributed by atoms with Gasteiger partial charge in [0.15, 0.2) is 0 Å². The van der Waals surface area contributed by atoms with Gasteiger partial charge in [0, 0.05) is 43.3 Å². The van der Waals surface area contributed by atoms with Crippen molar-refractivity contribution in [1.82, 2.24) is 9.80 Å². The largest absolute Gasteiger partial charge is 0.463 e. The smallest absolute Gasteiger partial charge is 0.310 e. The highest BCUT2D eigenvalue weighted by atomic mass is 16.5. The summed E-state index contributed by atoms with van der Waals surface area (Å²) in [6.07, 6.45) is 3.39. The predicted octanol–water partition coefficient (Wildman–Crippen LogP) is 4.94. The summed E-state index contributed by atoms with van der Waals surface area (Å²) in [5.41, 5.74) is 3.93. The van der Waals surface area contributed by atoms with Gasteiger partial charge in [-0.1, -0.05) is 24.3 Å². The second-order valence-electron chi connectivity index (χ2n) is 11.2. The molecule has 2 aromatic carbocycles. The van der Waals surface area contributed by atoms with Crippen molar-refractivity contribution in [1.29, 1.82) is 0 Å². The van der Waals surface area contributed by atoms with Gasteiger partial charge in [0.25, 0.3) is 5.91 Å². The van der Waals surface area contributed by atoms with E-state index < -0.39 is 0 Å². The fourth-order valence-electron chi connectivity index (χ4n) is 5.99. The number of esters is 1.